The first-order valence-electron chi connectivity index (χ1n) is 5.38. The Morgan fingerprint density at radius 3 is 2.58 bits per heavy atom. The summed E-state index contributed by atoms with van der Waals surface area (Å²) in [4.78, 5) is 10.3. The van der Waals surface area contributed by atoms with E-state index in [1.54, 1.807) is 0 Å². The van der Waals surface area contributed by atoms with Gasteiger partial charge in [-0.25, -0.2) is 8.42 Å². The summed E-state index contributed by atoms with van der Waals surface area (Å²) in [5, 5.41) is 11.3. The number of benzene rings is 1. The molecule has 1 aromatic carbocycles. The van der Waals surface area contributed by atoms with Gasteiger partial charge in [-0.2, -0.15) is 0 Å². The maximum absolute atomic E-state index is 11.8. The zero-order chi connectivity index (χ0) is 14.2. The molecule has 0 aliphatic carbocycles. The molecule has 1 heterocycles. The molecule has 0 spiro atoms. The largest absolute Gasteiger partial charge is 0.459 e. The number of nitro groups is 1. The van der Waals surface area contributed by atoms with Gasteiger partial charge < -0.3 is 4.42 Å². The Hall–Kier alpha value is -1.60. The van der Waals surface area contributed by atoms with E-state index in [4.69, 9.17) is 16.0 Å². The number of hydrogen-bond acceptors (Lipinski definition) is 5. The first-order valence-corrected chi connectivity index (χ1v) is 7.57. The molecule has 0 atom stereocenters. The zero-order valence-electron chi connectivity index (χ0n) is 9.92. The summed E-state index contributed by atoms with van der Waals surface area (Å²) in [6.45, 7) is 1.47. The summed E-state index contributed by atoms with van der Waals surface area (Å²) >= 11 is 5.61. The number of rotatable bonds is 4. The quantitative estimate of drug-likeness (QED) is 0.492. The van der Waals surface area contributed by atoms with Crippen LogP contribution in [0.15, 0.2) is 27.5 Å². The molecule has 0 saturated heterocycles. The van der Waals surface area contributed by atoms with Gasteiger partial charge in [0.2, 0.25) is 0 Å². The minimum Gasteiger partial charge on any atom is -0.459 e. The van der Waals surface area contributed by atoms with E-state index < -0.39 is 14.8 Å². The Morgan fingerprint density at radius 1 is 1.37 bits per heavy atom. The Morgan fingerprint density at radius 2 is 2.05 bits per heavy atom. The number of fused-ring (bicyclic) bond motifs is 1. The van der Waals surface area contributed by atoms with E-state index in [0.717, 1.165) is 6.07 Å². The summed E-state index contributed by atoms with van der Waals surface area (Å²) in [5.41, 5.74) is -0.151. The zero-order valence-corrected chi connectivity index (χ0v) is 11.5. The van der Waals surface area contributed by atoms with Gasteiger partial charge in [0.15, 0.2) is 9.84 Å². The predicted molar refractivity (Wildman–Crippen MR) is 70.2 cm³/mol. The fourth-order valence-electron chi connectivity index (χ4n) is 1.71. The summed E-state index contributed by atoms with van der Waals surface area (Å²) < 4.78 is 28.9. The molecule has 0 bridgehead atoms. The minimum absolute atomic E-state index is 0.0572. The van der Waals surface area contributed by atoms with Gasteiger partial charge in [-0.15, -0.1) is 11.6 Å². The lowest BCUT2D eigenvalue weighted by molar-refractivity contribution is -0.383. The predicted octanol–water partition coefficient (Wildman–Crippen LogP) is 2.87. The molecule has 0 aliphatic rings. The molecule has 1 aromatic heterocycles. The number of hydrogen-bond donors (Lipinski definition) is 0. The van der Waals surface area contributed by atoms with Crippen LogP contribution in [0.5, 0.6) is 0 Å². The standard InChI is InChI=1S/C11H10ClNO5S/c1-2-19(16,17)8-4-10(13(14)15)9-3-7(6-12)18-11(9)5-8/h3-5H,2,6H2,1H3. The molecule has 0 aliphatic heterocycles. The molecule has 6 nitrogen and oxygen atoms in total. The van der Waals surface area contributed by atoms with E-state index in [1.165, 1.54) is 19.1 Å². The Labute approximate surface area is 114 Å². The molecule has 0 radical (unpaired) electrons. The lowest BCUT2D eigenvalue weighted by Gasteiger charge is -2.01. The number of furan rings is 1. The topological polar surface area (TPSA) is 90.4 Å². The first kappa shape index (κ1) is 13.8. The van der Waals surface area contributed by atoms with Crippen molar-refractivity contribution in [2.45, 2.75) is 17.7 Å². The van der Waals surface area contributed by atoms with Crippen molar-refractivity contribution in [2.24, 2.45) is 0 Å². The van der Waals surface area contributed by atoms with Gasteiger partial charge in [0.25, 0.3) is 5.69 Å². The number of halogens is 1. The SMILES string of the molecule is CCS(=O)(=O)c1cc([N+](=O)[O-])c2cc(CCl)oc2c1. The van der Waals surface area contributed by atoms with E-state index in [2.05, 4.69) is 0 Å². The number of nitrogens with zero attached hydrogens (tertiary/aromatic N) is 1. The summed E-state index contributed by atoms with van der Waals surface area (Å²) in [5.74, 6) is 0.270. The van der Waals surface area contributed by atoms with Crippen molar-refractivity contribution in [3.8, 4) is 0 Å². The second kappa shape index (κ2) is 4.82. The molecule has 2 rings (SSSR count). The van der Waals surface area contributed by atoms with Crippen molar-refractivity contribution in [1.29, 1.82) is 0 Å². The van der Waals surface area contributed by atoms with Gasteiger partial charge >= 0.3 is 0 Å². The van der Waals surface area contributed by atoms with Gasteiger partial charge in [0.05, 0.1) is 26.8 Å². The molecule has 0 N–H and O–H groups in total. The Bertz CT molecular complexity index is 750. The Kier molecular flexibility index (Phi) is 3.51. The third-order valence-corrected chi connectivity index (χ3v) is 4.69. The van der Waals surface area contributed by atoms with Crippen molar-refractivity contribution in [3.05, 3.63) is 34.1 Å². The smallest absolute Gasteiger partial charge is 0.281 e. The second-order valence-electron chi connectivity index (χ2n) is 3.86. The summed E-state index contributed by atoms with van der Waals surface area (Å²) in [7, 11) is -3.54. The van der Waals surface area contributed by atoms with E-state index in [0.29, 0.717) is 5.76 Å². The fraction of sp³-hybridized carbons (Fsp3) is 0.273. The highest BCUT2D eigenvalue weighted by molar-refractivity contribution is 7.91. The maximum Gasteiger partial charge on any atom is 0.281 e. The van der Waals surface area contributed by atoms with E-state index >= 15 is 0 Å². The average molecular weight is 304 g/mol. The van der Waals surface area contributed by atoms with Crippen LogP contribution in [0.25, 0.3) is 11.0 Å². The molecule has 2 aromatic rings. The number of non-ortho nitro benzene ring substituents is 1. The monoisotopic (exact) mass is 303 g/mol. The van der Waals surface area contributed by atoms with Crippen LogP contribution < -0.4 is 0 Å². The highest BCUT2D eigenvalue weighted by Crippen LogP contribution is 2.32. The van der Waals surface area contributed by atoms with Crippen LogP contribution >= 0.6 is 11.6 Å². The van der Waals surface area contributed by atoms with Crippen LogP contribution in [0.3, 0.4) is 0 Å². The number of sulfone groups is 1. The first-order chi connectivity index (χ1) is 8.89. The average Bonchev–Trinajstić information content (AvgIpc) is 2.79. The molecule has 8 heteroatoms. The van der Waals surface area contributed by atoms with Gasteiger partial charge in [0, 0.05) is 12.1 Å². The maximum atomic E-state index is 11.8. The molecular weight excluding hydrogens is 294 g/mol. The van der Waals surface area contributed by atoms with Crippen molar-refractivity contribution in [2.75, 3.05) is 5.75 Å². The fourth-order valence-corrected chi connectivity index (χ4v) is 2.75. The van der Waals surface area contributed by atoms with Gasteiger partial charge in [-0.05, 0) is 6.07 Å². The van der Waals surface area contributed by atoms with Crippen molar-refractivity contribution in [3.63, 3.8) is 0 Å². The van der Waals surface area contributed by atoms with Crippen molar-refractivity contribution < 1.29 is 17.8 Å². The van der Waals surface area contributed by atoms with Crippen LogP contribution in [-0.4, -0.2) is 19.1 Å². The number of alkyl halides is 1. The van der Waals surface area contributed by atoms with Crippen LogP contribution in [0, 0.1) is 10.1 Å². The van der Waals surface area contributed by atoms with E-state index in [1.807, 2.05) is 0 Å². The van der Waals surface area contributed by atoms with Gasteiger partial charge in [-0.3, -0.25) is 10.1 Å². The normalized spacial score (nSPS) is 11.9. The van der Waals surface area contributed by atoms with Crippen LogP contribution in [0.4, 0.5) is 5.69 Å². The lowest BCUT2D eigenvalue weighted by Crippen LogP contribution is -2.04. The highest BCUT2D eigenvalue weighted by Gasteiger charge is 2.22. The van der Waals surface area contributed by atoms with Crippen LogP contribution in [0.1, 0.15) is 12.7 Å². The highest BCUT2D eigenvalue weighted by atomic mass is 35.5. The van der Waals surface area contributed by atoms with Crippen molar-refractivity contribution >= 4 is 38.1 Å². The molecular formula is C11H10ClNO5S. The van der Waals surface area contributed by atoms with E-state index in [9.17, 15) is 18.5 Å². The summed E-state index contributed by atoms with van der Waals surface area (Å²) in [6.07, 6.45) is 0. The summed E-state index contributed by atoms with van der Waals surface area (Å²) in [6, 6.07) is 3.79. The van der Waals surface area contributed by atoms with E-state index in [-0.39, 0.29) is 33.2 Å². The second-order valence-corrected chi connectivity index (χ2v) is 6.41. The Balaban J connectivity index is 2.81. The third-order valence-electron chi connectivity index (χ3n) is 2.71. The van der Waals surface area contributed by atoms with Crippen molar-refractivity contribution in [1.82, 2.24) is 0 Å². The van der Waals surface area contributed by atoms with Crippen LogP contribution in [-0.2, 0) is 15.7 Å². The molecule has 19 heavy (non-hydrogen) atoms. The molecule has 0 fully saturated rings. The molecule has 0 unspecified atom stereocenters. The molecule has 0 saturated carbocycles. The third kappa shape index (κ3) is 2.43. The minimum atomic E-state index is -3.54. The van der Waals surface area contributed by atoms with Gasteiger partial charge in [-0.1, -0.05) is 6.92 Å². The van der Waals surface area contributed by atoms with Gasteiger partial charge in [0.1, 0.15) is 11.3 Å². The molecule has 102 valence electrons. The number of nitro benzene ring substituents is 1. The lowest BCUT2D eigenvalue weighted by atomic mass is 10.2. The van der Waals surface area contributed by atoms with Crippen LogP contribution in [0.2, 0.25) is 0 Å². The molecule has 0 amide bonds.